The van der Waals surface area contributed by atoms with Crippen LogP contribution in [0.3, 0.4) is 0 Å². The highest BCUT2D eigenvalue weighted by atomic mass is 19.1. The quantitative estimate of drug-likeness (QED) is 0.874. The van der Waals surface area contributed by atoms with Crippen LogP contribution in [-0.4, -0.2) is 23.4 Å². The normalized spacial score (nSPS) is 13.0. The molecule has 0 fully saturated rings. The van der Waals surface area contributed by atoms with Crippen LogP contribution in [0.2, 0.25) is 0 Å². The lowest BCUT2D eigenvalue weighted by atomic mass is 9.87. The van der Waals surface area contributed by atoms with Crippen LogP contribution in [0.5, 0.6) is 0 Å². The molecule has 118 valence electrons. The summed E-state index contributed by atoms with van der Waals surface area (Å²) in [5.41, 5.74) is 6.97. The minimum Gasteiger partial charge on any atom is -0.339 e. The Morgan fingerprint density at radius 2 is 2.05 bits per heavy atom. The van der Waals surface area contributed by atoms with Gasteiger partial charge in [-0.05, 0) is 36.5 Å². The molecule has 0 aliphatic rings. The maximum Gasteiger partial charge on any atom is 0.224 e. The van der Waals surface area contributed by atoms with Crippen LogP contribution in [-0.2, 0) is 11.3 Å². The number of benzene rings is 1. The number of carbonyl (C=O) groups is 1. The molecule has 1 aromatic carbocycles. The predicted octanol–water partition coefficient (Wildman–Crippen LogP) is 3.33. The highest BCUT2D eigenvalue weighted by Crippen LogP contribution is 2.21. The number of rotatable bonds is 6. The van der Waals surface area contributed by atoms with Crippen LogP contribution in [0.15, 0.2) is 24.3 Å². The van der Waals surface area contributed by atoms with E-state index in [2.05, 4.69) is 20.8 Å². The molecule has 1 unspecified atom stereocenters. The molecule has 0 spiro atoms. The van der Waals surface area contributed by atoms with Gasteiger partial charge < -0.3 is 10.6 Å². The van der Waals surface area contributed by atoms with Crippen LogP contribution < -0.4 is 5.73 Å². The van der Waals surface area contributed by atoms with Crippen molar-refractivity contribution in [3.05, 3.63) is 35.6 Å². The third kappa shape index (κ3) is 6.71. The van der Waals surface area contributed by atoms with E-state index in [-0.39, 0.29) is 23.2 Å². The number of amides is 1. The first kappa shape index (κ1) is 17.6. The Kier molecular flexibility index (Phi) is 6.34. The SMILES string of the molecule is CCN(Cc1cccc(F)c1)C(=O)CC(N)CC(C)(C)C. The van der Waals surface area contributed by atoms with Crippen molar-refractivity contribution in [3.63, 3.8) is 0 Å². The zero-order valence-corrected chi connectivity index (χ0v) is 13.5. The van der Waals surface area contributed by atoms with E-state index in [0.717, 1.165) is 12.0 Å². The van der Waals surface area contributed by atoms with Gasteiger partial charge >= 0.3 is 0 Å². The summed E-state index contributed by atoms with van der Waals surface area (Å²) < 4.78 is 13.2. The summed E-state index contributed by atoms with van der Waals surface area (Å²) >= 11 is 0. The van der Waals surface area contributed by atoms with Crippen molar-refractivity contribution in [3.8, 4) is 0 Å². The summed E-state index contributed by atoms with van der Waals surface area (Å²) in [7, 11) is 0. The van der Waals surface area contributed by atoms with E-state index in [1.54, 1.807) is 11.0 Å². The molecule has 2 N–H and O–H groups in total. The number of hydrogen-bond donors (Lipinski definition) is 1. The molecule has 0 aromatic heterocycles. The molecule has 0 radical (unpaired) electrons. The van der Waals surface area contributed by atoms with E-state index in [1.807, 2.05) is 13.0 Å². The molecular formula is C17H27FN2O. The Labute approximate surface area is 127 Å². The summed E-state index contributed by atoms with van der Waals surface area (Å²) in [6, 6.07) is 6.22. The van der Waals surface area contributed by atoms with Gasteiger partial charge in [0.05, 0.1) is 0 Å². The Balaban J connectivity index is 2.61. The van der Waals surface area contributed by atoms with E-state index in [9.17, 15) is 9.18 Å². The lowest BCUT2D eigenvalue weighted by molar-refractivity contribution is -0.132. The molecule has 0 saturated carbocycles. The monoisotopic (exact) mass is 294 g/mol. The number of hydrogen-bond acceptors (Lipinski definition) is 2. The molecule has 21 heavy (non-hydrogen) atoms. The fraction of sp³-hybridized carbons (Fsp3) is 0.588. The third-order valence-corrected chi connectivity index (χ3v) is 3.31. The molecule has 0 saturated heterocycles. The van der Waals surface area contributed by atoms with E-state index in [4.69, 9.17) is 5.73 Å². The topological polar surface area (TPSA) is 46.3 Å². The molecule has 1 atom stereocenters. The molecule has 0 bridgehead atoms. The van der Waals surface area contributed by atoms with Gasteiger partial charge in [-0.2, -0.15) is 0 Å². The van der Waals surface area contributed by atoms with Crippen molar-refractivity contribution in [2.45, 2.75) is 53.1 Å². The average Bonchev–Trinajstić information content (AvgIpc) is 2.33. The Morgan fingerprint density at radius 3 is 2.57 bits per heavy atom. The van der Waals surface area contributed by atoms with Crippen molar-refractivity contribution in [2.75, 3.05) is 6.54 Å². The zero-order chi connectivity index (χ0) is 16.0. The largest absolute Gasteiger partial charge is 0.339 e. The van der Waals surface area contributed by atoms with Crippen molar-refractivity contribution in [1.82, 2.24) is 4.90 Å². The summed E-state index contributed by atoms with van der Waals surface area (Å²) in [6.07, 6.45) is 1.14. The van der Waals surface area contributed by atoms with E-state index in [1.165, 1.54) is 12.1 Å². The summed E-state index contributed by atoms with van der Waals surface area (Å²) in [5.74, 6) is -0.251. The van der Waals surface area contributed by atoms with Gasteiger partial charge in [0.2, 0.25) is 5.91 Å². The number of carbonyl (C=O) groups excluding carboxylic acids is 1. The van der Waals surface area contributed by atoms with Crippen molar-refractivity contribution >= 4 is 5.91 Å². The molecule has 3 nitrogen and oxygen atoms in total. The second kappa shape index (κ2) is 7.55. The lowest BCUT2D eigenvalue weighted by Crippen LogP contribution is -2.37. The minimum absolute atomic E-state index is 0.0264. The van der Waals surface area contributed by atoms with Crippen LogP contribution in [0.1, 0.15) is 46.1 Å². The fourth-order valence-corrected chi connectivity index (χ4v) is 2.44. The Morgan fingerprint density at radius 1 is 1.38 bits per heavy atom. The standard InChI is InChI=1S/C17H27FN2O/c1-5-20(12-13-7-6-8-14(18)9-13)16(21)10-15(19)11-17(2,3)4/h6-9,15H,5,10-12,19H2,1-4H3. The van der Waals surface area contributed by atoms with Gasteiger partial charge in [0.25, 0.3) is 0 Å². The first-order valence-corrected chi connectivity index (χ1v) is 7.49. The maximum absolute atomic E-state index is 13.2. The van der Waals surface area contributed by atoms with Crippen LogP contribution in [0.25, 0.3) is 0 Å². The summed E-state index contributed by atoms with van der Waals surface area (Å²) in [6.45, 7) is 9.28. The average molecular weight is 294 g/mol. The molecule has 0 aliphatic carbocycles. The minimum atomic E-state index is -0.277. The van der Waals surface area contributed by atoms with E-state index < -0.39 is 0 Å². The van der Waals surface area contributed by atoms with Gasteiger partial charge in [-0.1, -0.05) is 32.9 Å². The number of nitrogens with two attached hydrogens (primary N) is 1. The van der Waals surface area contributed by atoms with Gasteiger partial charge in [-0.3, -0.25) is 4.79 Å². The van der Waals surface area contributed by atoms with Crippen molar-refractivity contribution < 1.29 is 9.18 Å². The van der Waals surface area contributed by atoms with Gasteiger partial charge in [0, 0.05) is 25.6 Å². The molecule has 1 rings (SSSR count). The second-order valence-corrected chi connectivity index (χ2v) is 6.77. The van der Waals surface area contributed by atoms with Gasteiger partial charge in [0.15, 0.2) is 0 Å². The fourth-order valence-electron chi connectivity index (χ4n) is 2.44. The summed E-state index contributed by atoms with van der Waals surface area (Å²) in [4.78, 5) is 14.0. The summed E-state index contributed by atoms with van der Waals surface area (Å²) in [5, 5.41) is 0. The highest BCUT2D eigenvalue weighted by Gasteiger charge is 2.20. The van der Waals surface area contributed by atoms with E-state index in [0.29, 0.717) is 19.5 Å². The van der Waals surface area contributed by atoms with Crippen LogP contribution in [0, 0.1) is 11.2 Å². The van der Waals surface area contributed by atoms with Crippen LogP contribution >= 0.6 is 0 Å². The Bertz CT molecular complexity index is 468. The van der Waals surface area contributed by atoms with Gasteiger partial charge in [0.1, 0.15) is 5.82 Å². The van der Waals surface area contributed by atoms with Crippen LogP contribution in [0.4, 0.5) is 4.39 Å². The Hall–Kier alpha value is -1.42. The molecule has 4 heteroatoms. The highest BCUT2D eigenvalue weighted by molar-refractivity contribution is 5.76. The van der Waals surface area contributed by atoms with E-state index >= 15 is 0 Å². The first-order valence-electron chi connectivity index (χ1n) is 7.49. The van der Waals surface area contributed by atoms with Crippen molar-refractivity contribution in [1.29, 1.82) is 0 Å². The molecule has 0 heterocycles. The predicted molar refractivity (Wildman–Crippen MR) is 84.2 cm³/mol. The maximum atomic E-state index is 13.2. The molecule has 1 aromatic rings. The zero-order valence-electron chi connectivity index (χ0n) is 13.5. The number of halogens is 1. The second-order valence-electron chi connectivity index (χ2n) is 6.77. The smallest absolute Gasteiger partial charge is 0.224 e. The lowest BCUT2D eigenvalue weighted by Gasteiger charge is -2.26. The third-order valence-electron chi connectivity index (χ3n) is 3.31. The van der Waals surface area contributed by atoms with Gasteiger partial charge in [-0.25, -0.2) is 4.39 Å². The molecule has 1 amide bonds. The molecule has 0 aliphatic heterocycles. The van der Waals surface area contributed by atoms with Gasteiger partial charge in [-0.15, -0.1) is 0 Å². The first-order chi connectivity index (χ1) is 9.71. The number of nitrogens with zero attached hydrogens (tertiary/aromatic N) is 1. The van der Waals surface area contributed by atoms with Crippen molar-refractivity contribution in [2.24, 2.45) is 11.1 Å². The molecular weight excluding hydrogens is 267 g/mol.